The van der Waals surface area contributed by atoms with E-state index < -0.39 is 0 Å². The standard InChI is InChI=1S/C64H80N8O8.Al/c1-9-17-33-73-41-25-26-42(74-34-18-10-2)50-49(41)57-65-58(50)70-60-53-45(77-37-21-13-5)29-30-46(78-38-22-14-6)54(53)62(67-60)72-64-56-48(80-40-24-16-8)32-31-47(79-39-23-15-7)55(56)63(68-64)71-61-52-44(76-36-20-12-4)28-27-43(75-35-19-11-3)51(52)59(66-61)69-57;/h25-32H,9-24,33-40H2,1-8H3;/q-2;+3. The molecular weight excluding hydrogens is 1040 g/mol. The summed E-state index contributed by atoms with van der Waals surface area (Å²) < 4.78 is 53.4. The van der Waals surface area contributed by atoms with Gasteiger partial charge in [0.05, 0.1) is 98.4 Å². The Balaban J connectivity index is 0.00000860. The largest absolute Gasteiger partial charge is 3.00 e. The van der Waals surface area contributed by atoms with Gasteiger partial charge >= 0.3 is 17.4 Å². The smallest absolute Gasteiger partial charge is 0.493 e. The van der Waals surface area contributed by atoms with Gasteiger partial charge in [0.2, 0.25) is 0 Å². The van der Waals surface area contributed by atoms with E-state index >= 15 is 0 Å². The minimum Gasteiger partial charge on any atom is -0.493 e. The zero-order valence-corrected chi connectivity index (χ0v) is 50.2. The second kappa shape index (κ2) is 29.8. The van der Waals surface area contributed by atoms with Crippen molar-refractivity contribution < 1.29 is 37.9 Å². The molecule has 3 aromatic heterocycles. The van der Waals surface area contributed by atoms with Gasteiger partial charge < -0.3 is 67.8 Å². The number of rotatable bonds is 32. The van der Waals surface area contributed by atoms with Gasteiger partial charge in [-0.2, -0.15) is 0 Å². The molecule has 0 saturated heterocycles. The second-order valence-electron chi connectivity index (χ2n) is 20.3. The Morgan fingerprint density at radius 2 is 0.432 bits per heavy atom. The van der Waals surface area contributed by atoms with Crippen molar-refractivity contribution in [3.05, 3.63) is 48.5 Å². The summed E-state index contributed by atoms with van der Waals surface area (Å²) in [6.07, 6.45) is 14.3. The fourth-order valence-corrected chi connectivity index (χ4v) is 9.50. The predicted octanol–water partition coefficient (Wildman–Crippen LogP) is 15.2. The van der Waals surface area contributed by atoms with Crippen LogP contribution in [0.4, 0.5) is 0 Å². The van der Waals surface area contributed by atoms with Gasteiger partial charge in [-0.1, -0.05) is 107 Å². The van der Waals surface area contributed by atoms with Gasteiger partial charge in [0.1, 0.15) is 46.0 Å². The maximum absolute atomic E-state index is 6.68. The van der Waals surface area contributed by atoms with E-state index in [9.17, 15) is 0 Å². The van der Waals surface area contributed by atoms with Crippen molar-refractivity contribution in [3.8, 4) is 91.5 Å². The molecule has 426 valence electrons. The van der Waals surface area contributed by atoms with Crippen molar-refractivity contribution in [1.82, 2.24) is 39.9 Å². The van der Waals surface area contributed by atoms with Crippen LogP contribution in [0.1, 0.15) is 158 Å². The number of benzene rings is 4. The van der Waals surface area contributed by atoms with Crippen LogP contribution in [0.3, 0.4) is 0 Å². The molecule has 0 atom stereocenters. The van der Waals surface area contributed by atoms with E-state index in [1.807, 2.05) is 48.5 Å². The molecule has 7 aromatic rings. The van der Waals surface area contributed by atoms with E-state index in [1.54, 1.807) is 0 Å². The first-order chi connectivity index (χ1) is 39.4. The van der Waals surface area contributed by atoms with Gasteiger partial charge in [0.25, 0.3) is 0 Å². The Hall–Kier alpha value is -6.83. The van der Waals surface area contributed by atoms with Crippen LogP contribution in [0, 0.1) is 0 Å². The quantitative estimate of drug-likeness (QED) is 0.0287. The van der Waals surface area contributed by atoms with Gasteiger partial charge in [-0.05, 0) is 99.9 Å². The molecule has 4 aromatic carbocycles. The number of aromatic nitrogens is 8. The third kappa shape index (κ3) is 13.6. The van der Waals surface area contributed by atoms with Gasteiger partial charge in [0.15, 0.2) is 0 Å². The molecule has 2 aliphatic heterocycles. The average molecular weight is 1120 g/mol. The van der Waals surface area contributed by atoms with E-state index in [1.165, 1.54) is 0 Å². The summed E-state index contributed by atoms with van der Waals surface area (Å²) in [6.45, 7) is 21.0. The molecule has 0 fully saturated rings. The molecule has 0 aliphatic carbocycles. The fourth-order valence-electron chi connectivity index (χ4n) is 9.50. The van der Waals surface area contributed by atoms with E-state index in [4.69, 9.17) is 77.8 Å². The Bertz CT molecular complexity index is 2970. The van der Waals surface area contributed by atoms with Crippen molar-refractivity contribution in [1.29, 1.82) is 0 Å². The van der Waals surface area contributed by atoms with Gasteiger partial charge in [0, 0.05) is 44.1 Å². The van der Waals surface area contributed by atoms with Crippen LogP contribution in [0.2, 0.25) is 0 Å². The minimum absolute atomic E-state index is 0. The molecule has 5 heterocycles. The molecule has 0 radical (unpaired) electrons. The fraction of sp³-hybridized carbons (Fsp3) is 0.500. The van der Waals surface area contributed by atoms with Crippen molar-refractivity contribution in [2.45, 2.75) is 158 Å². The predicted molar refractivity (Wildman–Crippen MR) is 323 cm³/mol. The summed E-state index contributed by atoms with van der Waals surface area (Å²) in [5.74, 6) is 5.99. The normalized spacial score (nSPS) is 11.6. The molecule has 0 unspecified atom stereocenters. The molecule has 17 heteroatoms. The summed E-state index contributed by atoms with van der Waals surface area (Å²) in [5, 5.41) is 2.49. The zero-order chi connectivity index (χ0) is 55.8. The summed E-state index contributed by atoms with van der Waals surface area (Å²) in [6, 6.07) is 15.5. The Kier molecular flexibility index (Phi) is 22.1. The third-order valence-corrected chi connectivity index (χ3v) is 14.0. The summed E-state index contributed by atoms with van der Waals surface area (Å²) >= 11 is 0. The summed E-state index contributed by atoms with van der Waals surface area (Å²) in [4.78, 5) is 43.5. The molecule has 0 amide bonds. The molecule has 81 heavy (non-hydrogen) atoms. The first kappa shape index (κ1) is 60.3. The van der Waals surface area contributed by atoms with E-state index in [0.717, 1.165) is 103 Å². The minimum atomic E-state index is 0. The maximum Gasteiger partial charge on any atom is 3.00 e. The molecule has 2 aliphatic rings. The van der Waals surface area contributed by atoms with Crippen LogP contribution in [0.15, 0.2) is 48.5 Å². The van der Waals surface area contributed by atoms with Crippen LogP contribution in [0.25, 0.3) is 89.7 Å². The number of ether oxygens (including phenoxy) is 8. The second-order valence-corrected chi connectivity index (χ2v) is 20.3. The van der Waals surface area contributed by atoms with E-state index in [-0.39, 0.29) is 17.4 Å². The van der Waals surface area contributed by atoms with Crippen LogP contribution in [0.5, 0.6) is 46.0 Å². The van der Waals surface area contributed by atoms with Gasteiger partial charge in [-0.25, -0.2) is 9.97 Å². The maximum atomic E-state index is 6.68. The van der Waals surface area contributed by atoms with Crippen molar-refractivity contribution in [2.24, 2.45) is 0 Å². The molecule has 0 saturated carbocycles. The van der Waals surface area contributed by atoms with Crippen LogP contribution >= 0.6 is 0 Å². The topological polar surface area (TPSA) is 179 Å². The van der Waals surface area contributed by atoms with Crippen molar-refractivity contribution in [3.63, 3.8) is 0 Å². The van der Waals surface area contributed by atoms with Crippen LogP contribution < -0.4 is 47.9 Å². The van der Waals surface area contributed by atoms with Crippen LogP contribution in [-0.4, -0.2) is 100 Å². The molecule has 9 rings (SSSR count). The summed E-state index contributed by atoms with van der Waals surface area (Å²) in [5.41, 5.74) is 3.79. The number of nitrogens with zero attached hydrogens (tertiary/aromatic N) is 8. The number of fused-ring (bicyclic) bond motifs is 20. The van der Waals surface area contributed by atoms with Crippen LogP contribution in [-0.2, 0) is 0 Å². The molecular formula is C64H80AlN8O8+. The first-order valence-corrected chi connectivity index (χ1v) is 29.8. The van der Waals surface area contributed by atoms with Crippen molar-refractivity contribution in [2.75, 3.05) is 52.9 Å². The number of hydrogen-bond donors (Lipinski definition) is 0. The van der Waals surface area contributed by atoms with Crippen molar-refractivity contribution >= 4 is 61.5 Å². The average Bonchev–Trinajstić information content (AvgIpc) is 4.36. The molecule has 16 nitrogen and oxygen atoms in total. The van der Waals surface area contributed by atoms with Gasteiger partial charge in [-0.3, -0.25) is 0 Å². The molecule has 0 N–H and O–H groups in total. The molecule has 8 bridgehead atoms. The monoisotopic (exact) mass is 1120 g/mol. The molecule has 0 spiro atoms. The van der Waals surface area contributed by atoms with Gasteiger partial charge in [-0.15, -0.1) is 0 Å². The Morgan fingerprint density at radius 1 is 0.259 bits per heavy atom. The Morgan fingerprint density at radius 3 is 0.617 bits per heavy atom. The van der Waals surface area contributed by atoms with E-state index in [2.05, 4.69) is 55.4 Å². The third-order valence-electron chi connectivity index (χ3n) is 14.0. The SMILES string of the molecule is CCCCOc1ccc(OCCCC)c2c1-c1nc-2nc2[n-]c(nc3nc(nc4[n-]c(n1)c1c(OCCCC)ccc(OCCCC)c41)-c1c(OCCCC)ccc(OCCCC)c1-3)c1c(OCCCC)ccc(OCCCC)c21.[Al+3]. The summed E-state index contributed by atoms with van der Waals surface area (Å²) in [7, 11) is 0. The van der Waals surface area contributed by atoms with E-state index in [0.29, 0.717) is 189 Å². The number of unbranched alkanes of at least 4 members (excludes halogenated alkanes) is 8. The number of hydrogen-bond acceptors (Lipinski definition) is 14. The Labute approximate surface area is 488 Å². The zero-order valence-electron chi connectivity index (χ0n) is 49.0. The first-order valence-electron chi connectivity index (χ1n) is 29.8.